The summed E-state index contributed by atoms with van der Waals surface area (Å²) in [5.41, 5.74) is 6.45. The van der Waals surface area contributed by atoms with Gasteiger partial charge in [-0.05, 0) is 38.1 Å². The zero-order valence-electron chi connectivity index (χ0n) is 14.9. The number of nitrogens with two attached hydrogens (primary N) is 1. The number of rotatable bonds is 5. The number of hydrogen-bond donors (Lipinski definition) is 2. The molecule has 3 N–H and O–H groups in total. The van der Waals surface area contributed by atoms with Crippen molar-refractivity contribution >= 4 is 5.91 Å². The van der Waals surface area contributed by atoms with E-state index in [0.717, 1.165) is 51.0 Å². The van der Waals surface area contributed by atoms with Gasteiger partial charge in [0.25, 0.3) is 0 Å². The van der Waals surface area contributed by atoms with E-state index in [9.17, 15) is 4.79 Å². The van der Waals surface area contributed by atoms with Gasteiger partial charge in [-0.2, -0.15) is 0 Å². The second-order valence-electron chi connectivity index (χ2n) is 8.02. The summed E-state index contributed by atoms with van der Waals surface area (Å²) >= 11 is 0. The van der Waals surface area contributed by atoms with Crippen molar-refractivity contribution in [3.8, 4) is 0 Å². The van der Waals surface area contributed by atoms with E-state index in [2.05, 4.69) is 20.5 Å². The van der Waals surface area contributed by atoms with Crippen molar-refractivity contribution < 1.29 is 4.79 Å². The molecule has 4 aliphatic rings. The number of nitrogens with one attached hydrogen (secondary N) is 1. The Bertz CT molecular complexity index is 596. The first-order chi connectivity index (χ1) is 12.2. The number of fused-ring (bicyclic) bond motifs is 3. The summed E-state index contributed by atoms with van der Waals surface area (Å²) in [6, 6.07) is 0.877. The molecule has 7 nitrogen and oxygen atoms in total. The van der Waals surface area contributed by atoms with Gasteiger partial charge in [0.1, 0.15) is 0 Å². The highest BCUT2D eigenvalue weighted by atomic mass is 16.2. The van der Waals surface area contributed by atoms with Crippen molar-refractivity contribution in [2.45, 2.75) is 70.1 Å². The fourth-order valence-electron chi connectivity index (χ4n) is 4.92. The maximum absolute atomic E-state index is 12.8. The molecule has 7 heteroatoms. The third-order valence-corrected chi connectivity index (χ3v) is 6.36. The van der Waals surface area contributed by atoms with Crippen molar-refractivity contribution in [1.29, 1.82) is 0 Å². The van der Waals surface area contributed by atoms with E-state index in [-0.39, 0.29) is 5.92 Å². The van der Waals surface area contributed by atoms with Gasteiger partial charge in [-0.25, -0.2) is 0 Å². The Morgan fingerprint density at radius 2 is 2.12 bits per heavy atom. The van der Waals surface area contributed by atoms with E-state index in [1.807, 2.05) is 10.9 Å². The second-order valence-corrected chi connectivity index (χ2v) is 8.02. The zero-order valence-corrected chi connectivity index (χ0v) is 14.9. The highest BCUT2D eigenvalue weighted by molar-refractivity contribution is 5.79. The lowest BCUT2D eigenvalue weighted by atomic mass is 9.75. The molecule has 1 aliphatic carbocycles. The minimum Gasteiger partial charge on any atom is -0.353 e. The Morgan fingerprint density at radius 1 is 1.28 bits per heavy atom. The molecule has 0 spiro atoms. The molecule has 1 saturated carbocycles. The average molecular weight is 346 g/mol. The van der Waals surface area contributed by atoms with Crippen LogP contribution in [0.25, 0.3) is 0 Å². The van der Waals surface area contributed by atoms with Crippen LogP contribution in [-0.4, -0.2) is 51.0 Å². The van der Waals surface area contributed by atoms with Crippen LogP contribution < -0.4 is 11.1 Å². The van der Waals surface area contributed by atoms with Gasteiger partial charge in [-0.3, -0.25) is 14.4 Å². The molecule has 0 radical (unpaired) electrons. The molecule has 2 bridgehead atoms. The smallest absolute Gasteiger partial charge is 0.224 e. The minimum atomic E-state index is 0.169. The van der Waals surface area contributed by atoms with Crippen LogP contribution in [0.4, 0.5) is 0 Å². The van der Waals surface area contributed by atoms with E-state index >= 15 is 0 Å². The van der Waals surface area contributed by atoms with E-state index in [0.29, 0.717) is 30.5 Å². The molecule has 5 rings (SSSR count). The Balaban J connectivity index is 1.33. The van der Waals surface area contributed by atoms with Crippen molar-refractivity contribution in [3.05, 3.63) is 11.9 Å². The minimum absolute atomic E-state index is 0.169. The first-order valence-corrected chi connectivity index (χ1v) is 9.86. The van der Waals surface area contributed by atoms with E-state index < -0.39 is 0 Å². The number of amides is 1. The van der Waals surface area contributed by atoms with Crippen molar-refractivity contribution in [3.63, 3.8) is 0 Å². The largest absolute Gasteiger partial charge is 0.353 e. The molecular weight excluding hydrogens is 316 g/mol. The Morgan fingerprint density at radius 3 is 2.80 bits per heavy atom. The maximum Gasteiger partial charge on any atom is 0.224 e. The predicted molar refractivity (Wildman–Crippen MR) is 94.5 cm³/mol. The lowest BCUT2D eigenvalue weighted by Crippen LogP contribution is -2.58. The Labute approximate surface area is 149 Å². The molecule has 25 heavy (non-hydrogen) atoms. The van der Waals surface area contributed by atoms with Gasteiger partial charge >= 0.3 is 0 Å². The number of aromatic nitrogens is 3. The van der Waals surface area contributed by atoms with Crippen molar-refractivity contribution in [2.24, 2.45) is 17.6 Å². The summed E-state index contributed by atoms with van der Waals surface area (Å²) in [5.74, 6) is 0.976. The monoisotopic (exact) mass is 346 g/mol. The summed E-state index contributed by atoms with van der Waals surface area (Å²) in [6.07, 6.45) is 10.3. The number of hydrogen-bond acceptors (Lipinski definition) is 5. The van der Waals surface area contributed by atoms with Gasteiger partial charge in [0.15, 0.2) is 0 Å². The highest BCUT2D eigenvalue weighted by Gasteiger charge is 2.43. The molecular formula is C18H30N6O. The van der Waals surface area contributed by atoms with Crippen LogP contribution in [-0.2, 0) is 17.9 Å². The normalized spacial score (nSPS) is 32.7. The Hall–Kier alpha value is -1.47. The van der Waals surface area contributed by atoms with Crippen LogP contribution in [0.3, 0.4) is 0 Å². The molecule has 138 valence electrons. The molecule has 1 aromatic heterocycles. The standard InChI is InChI=1S/C18H30N6O/c19-9-15-10-24(22-21-15)11-16-8-13-6-7-23(16)12-17(13)18(25)20-14-4-2-1-3-5-14/h10,13-14,16-17H,1-9,11-12,19H2,(H,20,25). The Kier molecular flexibility index (Phi) is 5.03. The third kappa shape index (κ3) is 3.72. The van der Waals surface area contributed by atoms with Gasteiger partial charge in [0, 0.05) is 31.4 Å². The molecule has 4 fully saturated rings. The van der Waals surface area contributed by atoms with Gasteiger partial charge in [-0.15, -0.1) is 5.10 Å². The van der Waals surface area contributed by atoms with Crippen molar-refractivity contribution in [2.75, 3.05) is 13.1 Å². The fourth-order valence-corrected chi connectivity index (χ4v) is 4.92. The lowest BCUT2D eigenvalue weighted by Gasteiger charge is -2.49. The van der Waals surface area contributed by atoms with Gasteiger partial charge in [0.05, 0.1) is 18.2 Å². The molecule has 4 atom stereocenters. The SMILES string of the molecule is NCc1cn(CC2CC3CCN2CC3C(=O)NC2CCCCC2)nn1. The summed E-state index contributed by atoms with van der Waals surface area (Å²) in [6.45, 7) is 3.27. The topological polar surface area (TPSA) is 89.1 Å². The van der Waals surface area contributed by atoms with E-state index in [4.69, 9.17) is 5.73 Å². The van der Waals surface area contributed by atoms with Crippen LogP contribution >= 0.6 is 0 Å². The number of carbonyl (C=O) groups is 1. The summed E-state index contributed by atoms with van der Waals surface area (Å²) in [5, 5.41) is 11.6. The average Bonchev–Trinajstić information content (AvgIpc) is 3.10. The predicted octanol–water partition coefficient (Wildman–Crippen LogP) is 0.896. The second kappa shape index (κ2) is 7.41. The maximum atomic E-state index is 12.8. The fraction of sp³-hybridized carbons (Fsp3) is 0.833. The summed E-state index contributed by atoms with van der Waals surface area (Å²) in [7, 11) is 0. The summed E-state index contributed by atoms with van der Waals surface area (Å²) in [4.78, 5) is 15.3. The number of piperidine rings is 3. The third-order valence-electron chi connectivity index (χ3n) is 6.36. The van der Waals surface area contributed by atoms with Gasteiger partial charge in [-0.1, -0.05) is 24.5 Å². The molecule has 3 aliphatic heterocycles. The molecule has 3 saturated heterocycles. The van der Waals surface area contributed by atoms with E-state index in [1.54, 1.807) is 0 Å². The first-order valence-electron chi connectivity index (χ1n) is 9.86. The van der Waals surface area contributed by atoms with E-state index in [1.165, 1.54) is 19.3 Å². The number of carbonyl (C=O) groups excluding carboxylic acids is 1. The van der Waals surface area contributed by atoms with Crippen LogP contribution in [0.15, 0.2) is 6.20 Å². The highest BCUT2D eigenvalue weighted by Crippen LogP contribution is 2.37. The lowest BCUT2D eigenvalue weighted by molar-refractivity contribution is -0.134. The van der Waals surface area contributed by atoms with Gasteiger partial charge in [0.2, 0.25) is 5.91 Å². The van der Waals surface area contributed by atoms with Crippen molar-refractivity contribution in [1.82, 2.24) is 25.2 Å². The molecule has 1 amide bonds. The molecule has 1 aromatic rings. The number of nitrogens with zero attached hydrogens (tertiary/aromatic N) is 4. The van der Waals surface area contributed by atoms with Crippen LogP contribution in [0.2, 0.25) is 0 Å². The first kappa shape index (κ1) is 17.0. The summed E-state index contributed by atoms with van der Waals surface area (Å²) < 4.78 is 1.91. The molecule has 4 unspecified atom stereocenters. The van der Waals surface area contributed by atoms with Crippen LogP contribution in [0, 0.1) is 11.8 Å². The van der Waals surface area contributed by atoms with Gasteiger partial charge < -0.3 is 11.1 Å². The van der Waals surface area contributed by atoms with Crippen LogP contribution in [0.5, 0.6) is 0 Å². The molecule has 0 aromatic carbocycles. The molecule has 4 heterocycles. The zero-order chi connectivity index (χ0) is 17.2. The van der Waals surface area contributed by atoms with Crippen LogP contribution in [0.1, 0.15) is 50.6 Å². The quantitative estimate of drug-likeness (QED) is 0.827.